The summed E-state index contributed by atoms with van der Waals surface area (Å²) in [7, 11) is 2.05. The summed E-state index contributed by atoms with van der Waals surface area (Å²) < 4.78 is 7.30. The zero-order chi connectivity index (χ0) is 13.2. The van der Waals surface area contributed by atoms with Crippen LogP contribution in [0.5, 0.6) is 0 Å². The fourth-order valence-electron chi connectivity index (χ4n) is 3.04. The van der Waals surface area contributed by atoms with Crippen LogP contribution in [0.15, 0.2) is 29.6 Å². The largest absolute Gasteiger partial charge is 0.376 e. The first-order valence-corrected chi connectivity index (χ1v) is 7.91. The molecule has 0 amide bonds. The molecule has 3 rings (SSSR count). The van der Waals surface area contributed by atoms with Crippen LogP contribution in [0.4, 0.5) is 0 Å². The number of nitrogens with one attached hydrogen (secondary N) is 1. The minimum atomic E-state index is 0.351. The molecule has 0 aliphatic carbocycles. The lowest BCUT2D eigenvalue weighted by Gasteiger charge is -2.25. The summed E-state index contributed by atoms with van der Waals surface area (Å²) in [5, 5.41) is 7.16. The van der Waals surface area contributed by atoms with Crippen molar-refractivity contribution in [3.05, 3.63) is 35.2 Å². The normalized spacial score (nSPS) is 24.9. The van der Waals surface area contributed by atoms with E-state index in [1.165, 1.54) is 22.1 Å². The molecule has 2 heterocycles. The van der Waals surface area contributed by atoms with Crippen LogP contribution < -0.4 is 5.32 Å². The lowest BCUT2D eigenvalue weighted by molar-refractivity contribution is 0.0635. The highest BCUT2D eigenvalue weighted by atomic mass is 32.1. The highest BCUT2D eigenvalue weighted by molar-refractivity contribution is 7.17. The summed E-state index contributed by atoms with van der Waals surface area (Å²) in [6.45, 7) is 3.21. The Hall–Kier alpha value is -0.900. The van der Waals surface area contributed by atoms with Gasteiger partial charge in [0.05, 0.1) is 6.10 Å². The van der Waals surface area contributed by atoms with Crippen LogP contribution >= 0.6 is 11.3 Å². The number of hydrogen-bond donors (Lipinski definition) is 1. The summed E-state index contributed by atoms with van der Waals surface area (Å²) in [4.78, 5) is 0. The van der Waals surface area contributed by atoms with Crippen molar-refractivity contribution in [2.45, 2.75) is 31.9 Å². The number of rotatable bonds is 4. The van der Waals surface area contributed by atoms with E-state index in [1.54, 1.807) is 0 Å². The van der Waals surface area contributed by atoms with Gasteiger partial charge in [-0.3, -0.25) is 0 Å². The van der Waals surface area contributed by atoms with E-state index in [-0.39, 0.29) is 0 Å². The average molecular weight is 275 g/mol. The lowest BCUT2D eigenvalue weighted by atomic mass is 9.93. The minimum Gasteiger partial charge on any atom is -0.376 e. The second kappa shape index (κ2) is 5.61. The van der Waals surface area contributed by atoms with Gasteiger partial charge in [0.25, 0.3) is 0 Å². The van der Waals surface area contributed by atoms with E-state index in [0.29, 0.717) is 18.1 Å². The van der Waals surface area contributed by atoms with Crippen LogP contribution in [0, 0.1) is 5.92 Å². The lowest BCUT2D eigenvalue weighted by Crippen LogP contribution is -2.41. The number of fused-ring (bicyclic) bond motifs is 1. The van der Waals surface area contributed by atoms with Crippen LogP contribution in [0.1, 0.15) is 18.9 Å². The third kappa shape index (κ3) is 2.55. The van der Waals surface area contributed by atoms with Crippen LogP contribution in [-0.2, 0) is 11.2 Å². The first-order valence-electron chi connectivity index (χ1n) is 7.03. The van der Waals surface area contributed by atoms with E-state index in [4.69, 9.17) is 4.74 Å². The fraction of sp³-hybridized carbons (Fsp3) is 0.500. The topological polar surface area (TPSA) is 21.3 Å². The zero-order valence-corrected chi connectivity index (χ0v) is 12.4. The molecule has 1 saturated heterocycles. The number of thiophene rings is 1. The molecule has 0 radical (unpaired) electrons. The van der Waals surface area contributed by atoms with Crippen LogP contribution in [0.25, 0.3) is 10.1 Å². The summed E-state index contributed by atoms with van der Waals surface area (Å²) >= 11 is 1.84. The molecule has 1 aliphatic heterocycles. The van der Waals surface area contributed by atoms with Crippen molar-refractivity contribution < 1.29 is 4.74 Å². The van der Waals surface area contributed by atoms with Gasteiger partial charge >= 0.3 is 0 Å². The maximum absolute atomic E-state index is 5.92. The zero-order valence-electron chi connectivity index (χ0n) is 11.6. The Balaban J connectivity index is 1.82. The fourth-order valence-corrected chi connectivity index (χ4v) is 4.02. The van der Waals surface area contributed by atoms with Crippen molar-refractivity contribution in [2.24, 2.45) is 5.92 Å². The molecular formula is C16H21NOS. The van der Waals surface area contributed by atoms with Crippen molar-refractivity contribution in [1.82, 2.24) is 5.32 Å². The molecule has 1 aromatic carbocycles. The summed E-state index contributed by atoms with van der Waals surface area (Å²) in [5.41, 5.74) is 1.45. The molecule has 0 bridgehead atoms. The van der Waals surface area contributed by atoms with Gasteiger partial charge in [-0.1, -0.05) is 25.1 Å². The molecule has 2 aromatic rings. The molecule has 1 N–H and O–H groups in total. The van der Waals surface area contributed by atoms with Crippen molar-refractivity contribution >= 4 is 21.4 Å². The third-order valence-electron chi connectivity index (χ3n) is 4.21. The van der Waals surface area contributed by atoms with E-state index in [2.05, 4.69) is 41.9 Å². The third-order valence-corrected chi connectivity index (χ3v) is 5.22. The van der Waals surface area contributed by atoms with Gasteiger partial charge in [-0.2, -0.15) is 0 Å². The molecule has 3 unspecified atom stereocenters. The molecule has 1 aliphatic rings. The Morgan fingerprint density at radius 1 is 1.42 bits per heavy atom. The predicted octanol–water partition coefficient (Wildman–Crippen LogP) is 3.46. The van der Waals surface area contributed by atoms with Crippen LogP contribution in [0.2, 0.25) is 0 Å². The quantitative estimate of drug-likeness (QED) is 0.922. The molecular weight excluding hydrogens is 254 g/mol. The minimum absolute atomic E-state index is 0.351. The molecule has 1 aromatic heterocycles. The molecule has 0 spiro atoms. The van der Waals surface area contributed by atoms with Crippen molar-refractivity contribution in [3.8, 4) is 0 Å². The highest BCUT2D eigenvalue weighted by Crippen LogP contribution is 2.29. The Morgan fingerprint density at radius 3 is 3.00 bits per heavy atom. The maximum atomic E-state index is 5.92. The maximum Gasteiger partial charge on any atom is 0.0757 e. The van der Waals surface area contributed by atoms with Gasteiger partial charge in [-0.25, -0.2) is 0 Å². The number of ether oxygens (including phenoxy) is 1. The summed E-state index contributed by atoms with van der Waals surface area (Å²) in [6.07, 6.45) is 2.59. The molecule has 19 heavy (non-hydrogen) atoms. The van der Waals surface area contributed by atoms with E-state index < -0.39 is 0 Å². The predicted molar refractivity (Wildman–Crippen MR) is 81.9 cm³/mol. The van der Waals surface area contributed by atoms with Crippen LogP contribution in [0.3, 0.4) is 0 Å². The van der Waals surface area contributed by atoms with Crippen molar-refractivity contribution in [1.29, 1.82) is 0 Å². The number of benzene rings is 1. The van der Waals surface area contributed by atoms with Crippen LogP contribution in [-0.4, -0.2) is 25.8 Å². The first-order chi connectivity index (χ1) is 9.29. The SMILES string of the molecule is CNC(Cc1csc2ccccc12)C1OCCC1C. The van der Waals surface area contributed by atoms with Gasteiger partial charge in [-0.05, 0) is 48.2 Å². The Labute approximate surface area is 118 Å². The van der Waals surface area contributed by atoms with E-state index >= 15 is 0 Å². The standard InChI is InChI=1S/C16H21NOS/c1-11-7-8-18-16(11)14(17-2)9-12-10-19-15-6-4-3-5-13(12)15/h3-6,10-11,14,16-17H,7-9H2,1-2H3. The van der Waals surface area contributed by atoms with Gasteiger partial charge in [0, 0.05) is 17.3 Å². The van der Waals surface area contributed by atoms with E-state index in [9.17, 15) is 0 Å². The number of hydrogen-bond acceptors (Lipinski definition) is 3. The van der Waals surface area contributed by atoms with Gasteiger partial charge in [0.15, 0.2) is 0 Å². The molecule has 2 nitrogen and oxygen atoms in total. The molecule has 102 valence electrons. The van der Waals surface area contributed by atoms with Gasteiger partial charge < -0.3 is 10.1 Å². The first kappa shape index (κ1) is 13.1. The highest BCUT2D eigenvalue weighted by Gasteiger charge is 2.31. The Morgan fingerprint density at radius 2 is 2.26 bits per heavy atom. The molecule has 3 heteroatoms. The van der Waals surface area contributed by atoms with Gasteiger partial charge in [0.1, 0.15) is 0 Å². The monoisotopic (exact) mass is 275 g/mol. The second-order valence-electron chi connectivity index (χ2n) is 5.46. The van der Waals surface area contributed by atoms with Gasteiger partial charge in [-0.15, -0.1) is 11.3 Å². The van der Waals surface area contributed by atoms with E-state index in [0.717, 1.165) is 13.0 Å². The second-order valence-corrected chi connectivity index (χ2v) is 6.37. The molecule has 3 atom stereocenters. The van der Waals surface area contributed by atoms with Gasteiger partial charge in [0.2, 0.25) is 0 Å². The Kier molecular flexibility index (Phi) is 3.87. The number of likely N-dealkylation sites (N-methyl/N-ethyl adjacent to an activating group) is 1. The van der Waals surface area contributed by atoms with Crippen molar-refractivity contribution in [3.63, 3.8) is 0 Å². The summed E-state index contributed by atoms with van der Waals surface area (Å²) in [5.74, 6) is 0.655. The summed E-state index contributed by atoms with van der Waals surface area (Å²) in [6, 6.07) is 9.08. The average Bonchev–Trinajstić information content (AvgIpc) is 3.03. The van der Waals surface area contributed by atoms with Crippen molar-refractivity contribution in [2.75, 3.05) is 13.7 Å². The molecule has 0 saturated carbocycles. The Bertz CT molecular complexity index is 550. The van der Waals surface area contributed by atoms with E-state index in [1.807, 2.05) is 18.4 Å². The molecule has 1 fully saturated rings. The smallest absolute Gasteiger partial charge is 0.0757 e.